The van der Waals surface area contributed by atoms with Gasteiger partial charge in [-0.3, -0.25) is 9.59 Å². The zero-order valence-electron chi connectivity index (χ0n) is 22.9. The molecular formula is C30H39N3O4S. The van der Waals surface area contributed by atoms with Crippen LogP contribution in [-0.2, 0) is 16.1 Å². The second-order valence-electron chi connectivity index (χ2n) is 10.5. The van der Waals surface area contributed by atoms with Crippen molar-refractivity contribution in [3.05, 3.63) is 59.2 Å². The third kappa shape index (κ3) is 6.52. The van der Waals surface area contributed by atoms with Crippen molar-refractivity contribution in [1.82, 2.24) is 10.2 Å². The van der Waals surface area contributed by atoms with Crippen LogP contribution in [-0.4, -0.2) is 53.2 Å². The number of thioether (sulfide) groups is 1. The minimum Gasteiger partial charge on any atom is -0.445 e. The average Bonchev–Trinajstić information content (AvgIpc) is 2.90. The number of nitrogens with zero attached hydrogens (tertiary/aromatic N) is 2. The molecule has 38 heavy (non-hydrogen) atoms. The van der Waals surface area contributed by atoms with Crippen LogP contribution in [0.4, 0.5) is 10.5 Å². The number of fused-ring (bicyclic) bond motifs is 1. The van der Waals surface area contributed by atoms with Gasteiger partial charge in [0.25, 0.3) is 5.91 Å². The van der Waals surface area contributed by atoms with Gasteiger partial charge in [0.05, 0.1) is 10.9 Å². The first-order valence-electron chi connectivity index (χ1n) is 13.7. The predicted molar refractivity (Wildman–Crippen MR) is 152 cm³/mol. The fourth-order valence-corrected chi connectivity index (χ4v) is 6.52. The summed E-state index contributed by atoms with van der Waals surface area (Å²) in [6.45, 7) is 8.75. The van der Waals surface area contributed by atoms with Gasteiger partial charge in [-0.2, -0.15) is 0 Å². The summed E-state index contributed by atoms with van der Waals surface area (Å²) >= 11 is 1.52. The minimum atomic E-state index is -0.527. The van der Waals surface area contributed by atoms with Crippen LogP contribution in [0.15, 0.2) is 47.4 Å². The fourth-order valence-electron chi connectivity index (χ4n) is 5.38. The summed E-state index contributed by atoms with van der Waals surface area (Å²) in [5.41, 5.74) is 3.21. The molecule has 1 aliphatic heterocycles. The zero-order valence-corrected chi connectivity index (χ0v) is 23.7. The maximum atomic E-state index is 13.9. The number of anilines is 1. The van der Waals surface area contributed by atoms with E-state index >= 15 is 0 Å². The monoisotopic (exact) mass is 537 g/mol. The van der Waals surface area contributed by atoms with Crippen LogP contribution in [0.1, 0.15) is 74.4 Å². The molecule has 1 saturated carbocycles. The van der Waals surface area contributed by atoms with E-state index in [-0.39, 0.29) is 42.3 Å². The Kier molecular flexibility index (Phi) is 9.36. The van der Waals surface area contributed by atoms with Gasteiger partial charge < -0.3 is 19.9 Å². The van der Waals surface area contributed by atoms with Crippen molar-refractivity contribution < 1.29 is 19.1 Å². The fraction of sp³-hybridized carbons (Fsp3) is 0.500. The predicted octanol–water partition coefficient (Wildman–Crippen LogP) is 5.93. The molecule has 2 aliphatic rings. The van der Waals surface area contributed by atoms with Gasteiger partial charge in [-0.15, -0.1) is 11.8 Å². The highest BCUT2D eigenvalue weighted by Gasteiger charge is 2.34. The number of ether oxygens (including phenoxy) is 1. The van der Waals surface area contributed by atoms with E-state index < -0.39 is 6.09 Å². The third-order valence-electron chi connectivity index (χ3n) is 7.32. The SMILES string of the molecule is Cc1cc2c(cc1C(=O)N(C(C)C)C1CCCCC1)N(CCNC(=O)OCc1ccccc1)C(=O)C(C)S2. The maximum absolute atomic E-state index is 13.9. The molecule has 1 unspecified atom stereocenters. The van der Waals surface area contributed by atoms with Crippen LogP contribution in [0.2, 0.25) is 0 Å². The van der Waals surface area contributed by atoms with E-state index in [0.29, 0.717) is 12.1 Å². The van der Waals surface area contributed by atoms with Crippen LogP contribution in [0.5, 0.6) is 0 Å². The van der Waals surface area contributed by atoms with Crippen molar-refractivity contribution in [3.8, 4) is 0 Å². The van der Waals surface area contributed by atoms with Gasteiger partial charge in [-0.05, 0) is 63.8 Å². The molecule has 3 amide bonds. The molecule has 2 aromatic rings. The third-order valence-corrected chi connectivity index (χ3v) is 8.46. The van der Waals surface area contributed by atoms with Crippen LogP contribution in [0, 0.1) is 6.92 Å². The molecule has 0 radical (unpaired) electrons. The minimum absolute atomic E-state index is 0.0304. The Bertz CT molecular complexity index is 1150. The zero-order chi connectivity index (χ0) is 27.2. The van der Waals surface area contributed by atoms with Gasteiger partial charge >= 0.3 is 6.09 Å². The molecule has 2 aromatic carbocycles. The topological polar surface area (TPSA) is 79.0 Å². The molecule has 0 spiro atoms. The molecule has 1 heterocycles. The first kappa shape index (κ1) is 28.0. The van der Waals surface area contributed by atoms with Gasteiger partial charge in [0, 0.05) is 35.6 Å². The highest BCUT2D eigenvalue weighted by molar-refractivity contribution is 8.01. The number of amides is 3. The van der Waals surface area contributed by atoms with Crippen LogP contribution < -0.4 is 10.2 Å². The highest BCUT2D eigenvalue weighted by atomic mass is 32.2. The smallest absolute Gasteiger partial charge is 0.407 e. The number of alkyl carbamates (subject to hydrolysis) is 1. The lowest BCUT2D eigenvalue weighted by atomic mass is 9.92. The molecule has 4 rings (SSSR count). The summed E-state index contributed by atoms with van der Waals surface area (Å²) in [5, 5.41) is 2.51. The summed E-state index contributed by atoms with van der Waals surface area (Å²) in [4.78, 5) is 44.0. The van der Waals surface area contributed by atoms with Crippen molar-refractivity contribution in [3.63, 3.8) is 0 Å². The second kappa shape index (κ2) is 12.7. The van der Waals surface area contributed by atoms with Gasteiger partial charge in [-0.1, -0.05) is 49.6 Å². The summed E-state index contributed by atoms with van der Waals surface area (Å²) in [6.07, 6.45) is 5.09. The van der Waals surface area contributed by atoms with E-state index in [1.807, 2.05) is 61.2 Å². The number of hydrogen-bond acceptors (Lipinski definition) is 5. The summed E-state index contributed by atoms with van der Waals surface area (Å²) in [5.74, 6) is 0.00281. The molecule has 8 heteroatoms. The lowest BCUT2D eigenvalue weighted by molar-refractivity contribution is -0.118. The van der Waals surface area contributed by atoms with E-state index in [9.17, 15) is 14.4 Å². The first-order valence-corrected chi connectivity index (χ1v) is 14.5. The first-order chi connectivity index (χ1) is 18.3. The Hall–Kier alpha value is -3.00. The van der Waals surface area contributed by atoms with E-state index in [1.165, 1.54) is 18.2 Å². The van der Waals surface area contributed by atoms with Crippen LogP contribution in [0.3, 0.4) is 0 Å². The molecule has 7 nitrogen and oxygen atoms in total. The molecule has 1 fully saturated rings. The summed E-state index contributed by atoms with van der Waals surface area (Å²) in [6, 6.07) is 13.8. The number of benzene rings is 2. The van der Waals surface area contributed by atoms with E-state index in [4.69, 9.17) is 4.74 Å². The Labute approximate surface area is 230 Å². The number of rotatable bonds is 8. The quantitative estimate of drug-likeness (QED) is 0.451. The number of carbonyl (C=O) groups excluding carboxylic acids is 3. The molecule has 1 aliphatic carbocycles. The Morgan fingerprint density at radius 1 is 1.13 bits per heavy atom. The van der Waals surface area contributed by atoms with E-state index in [0.717, 1.165) is 47.4 Å². The molecule has 0 saturated heterocycles. The molecule has 0 bridgehead atoms. The van der Waals surface area contributed by atoms with Gasteiger partial charge in [0.15, 0.2) is 0 Å². The van der Waals surface area contributed by atoms with Crippen molar-refractivity contribution in [2.75, 3.05) is 18.0 Å². The van der Waals surface area contributed by atoms with Crippen LogP contribution in [0.25, 0.3) is 0 Å². The molecule has 1 N–H and O–H groups in total. The normalized spacial score (nSPS) is 17.8. The summed E-state index contributed by atoms with van der Waals surface area (Å²) < 4.78 is 5.30. The van der Waals surface area contributed by atoms with E-state index in [1.54, 1.807) is 4.90 Å². The molecule has 1 atom stereocenters. The van der Waals surface area contributed by atoms with Crippen molar-refractivity contribution >= 4 is 35.4 Å². The Morgan fingerprint density at radius 2 is 1.84 bits per heavy atom. The van der Waals surface area contributed by atoms with Gasteiger partial charge in [0.1, 0.15) is 6.61 Å². The van der Waals surface area contributed by atoms with Crippen molar-refractivity contribution in [2.45, 2.75) is 88.6 Å². The lowest BCUT2D eigenvalue weighted by Gasteiger charge is -2.38. The molecule has 204 valence electrons. The number of aryl methyl sites for hydroxylation is 1. The lowest BCUT2D eigenvalue weighted by Crippen LogP contribution is -2.46. The average molecular weight is 538 g/mol. The largest absolute Gasteiger partial charge is 0.445 e. The van der Waals surface area contributed by atoms with Crippen molar-refractivity contribution in [2.24, 2.45) is 0 Å². The van der Waals surface area contributed by atoms with Gasteiger partial charge in [-0.25, -0.2) is 4.79 Å². The number of hydrogen-bond donors (Lipinski definition) is 1. The highest BCUT2D eigenvalue weighted by Crippen LogP contribution is 2.41. The van der Waals surface area contributed by atoms with Gasteiger partial charge in [0.2, 0.25) is 5.91 Å². The second-order valence-corrected chi connectivity index (χ2v) is 11.9. The molecular weight excluding hydrogens is 498 g/mol. The summed E-state index contributed by atoms with van der Waals surface area (Å²) in [7, 11) is 0. The van der Waals surface area contributed by atoms with Crippen molar-refractivity contribution in [1.29, 1.82) is 0 Å². The standard InChI is InChI=1S/C30H39N3O4S/c1-20(2)33(24-13-9-6-10-14-24)29(35)25-18-26-27(17-21(25)3)38-22(4)28(34)32(26)16-15-31-30(36)37-19-23-11-7-5-8-12-23/h5,7-8,11-12,17-18,20,22,24H,6,9-10,13-16,19H2,1-4H3,(H,31,36). The van der Waals surface area contributed by atoms with Crippen LogP contribution >= 0.6 is 11.8 Å². The number of nitrogens with one attached hydrogen (secondary N) is 1. The Morgan fingerprint density at radius 3 is 2.53 bits per heavy atom. The Balaban J connectivity index is 1.49. The number of carbonyl (C=O) groups is 3. The molecule has 0 aromatic heterocycles. The van der Waals surface area contributed by atoms with E-state index in [2.05, 4.69) is 19.2 Å². The maximum Gasteiger partial charge on any atom is 0.407 e.